The molecule has 0 saturated carbocycles. The summed E-state index contributed by atoms with van der Waals surface area (Å²) in [5, 5.41) is 5.38. The molecule has 0 saturated heterocycles. The summed E-state index contributed by atoms with van der Waals surface area (Å²) < 4.78 is 13.2. The third-order valence-electron chi connectivity index (χ3n) is 2.10. The van der Waals surface area contributed by atoms with Crippen molar-refractivity contribution in [2.75, 3.05) is 0 Å². The second kappa shape index (κ2) is 5.01. The Labute approximate surface area is 102 Å². The summed E-state index contributed by atoms with van der Waals surface area (Å²) in [6.07, 6.45) is 1.30. The van der Waals surface area contributed by atoms with Gasteiger partial charge in [0.05, 0.1) is 22.8 Å². The van der Waals surface area contributed by atoms with E-state index in [4.69, 9.17) is 0 Å². The van der Waals surface area contributed by atoms with Crippen molar-refractivity contribution >= 4 is 17.2 Å². The number of rotatable bonds is 3. The van der Waals surface area contributed by atoms with E-state index in [9.17, 15) is 9.18 Å². The second-order valence-corrected chi connectivity index (χ2v) is 4.44. The maximum atomic E-state index is 13.2. The average Bonchev–Trinajstić information content (AvgIpc) is 2.73. The number of halogens is 1. The van der Waals surface area contributed by atoms with Gasteiger partial charge in [-0.05, 0) is 19.1 Å². The van der Waals surface area contributed by atoms with Gasteiger partial charge in [0.25, 0.3) is 5.91 Å². The molecular formula is C11H10FN3OS. The predicted octanol–water partition coefficient (Wildman–Crippen LogP) is 1.92. The fourth-order valence-electron chi connectivity index (χ4n) is 1.31. The highest BCUT2D eigenvalue weighted by atomic mass is 32.1. The van der Waals surface area contributed by atoms with Gasteiger partial charge < -0.3 is 5.32 Å². The molecule has 0 unspecified atom stereocenters. The molecule has 0 aliphatic carbocycles. The van der Waals surface area contributed by atoms with Crippen LogP contribution in [-0.4, -0.2) is 15.9 Å². The molecule has 4 nitrogen and oxygen atoms in total. The number of thiazole rings is 1. The van der Waals surface area contributed by atoms with Crippen molar-refractivity contribution in [3.63, 3.8) is 0 Å². The zero-order chi connectivity index (χ0) is 12.3. The molecule has 1 N–H and O–H groups in total. The van der Waals surface area contributed by atoms with Crippen molar-refractivity contribution in [1.82, 2.24) is 15.3 Å². The van der Waals surface area contributed by atoms with Crippen LogP contribution in [0.2, 0.25) is 0 Å². The molecule has 0 aromatic carbocycles. The zero-order valence-electron chi connectivity index (χ0n) is 9.11. The quantitative estimate of drug-likeness (QED) is 0.848. The van der Waals surface area contributed by atoms with Gasteiger partial charge in [-0.2, -0.15) is 4.39 Å². The average molecular weight is 251 g/mol. The molecule has 1 amide bonds. The molecule has 2 aromatic heterocycles. The summed E-state index contributed by atoms with van der Waals surface area (Å²) in [5.41, 5.74) is 0.713. The van der Waals surface area contributed by atoms with Crippen LogP contribution in [0.25, 0.3) is 0 Å². The molecule has 0 atom stereocenters. The Bertz CT molecular complexity index is 541. The largest absolute Gasteiger partial charge is 0.346 e. The number of aromatic nitrogens is 2. The van der Waals surface area contributed by atoms with Crippen LogP contribution in [-0.2, 0) is 6.54 Å². The number of carbonyl (C=O) groups excluding carboxylic acids is 1. The Hall–Kier alpha value is -1.82. The summed E-state index contributed by atoms with van der Waals surface area (Å²) in [6.45, 7) is 2.17. The van der Waals surface area contributed by atoms with Crippen molar-refractivity contribution in [2.24, 2.45) is 0 Å². The highest BCUT2D eigenvalue weighted by Crippen LogP contribution is 2.08. The third-order valence-corrected chi connectivity index (χ3v) is 2.92. The number of pyridine rings is 1. The molecule has 2 heterocycles. The van der Waals surface area contributed by atoms with Crippen LogP contribution in [0.1, 0.15) is 21.1 Å². The summed E-state index contributed by atoms with van der Waals surface area (Å²) in [4.78, 5) is 19.2. The molecule has 0 fully saturated rings. The summed E-state index contributed by atoms with van der Waals surface area (Å²) in [5.74, 6) is -1.25. The van der Waals surface area contributed by atoms with E-state index in [0.717, 1.165) is 10.7 Å². The number of hydrogen-bond acceptors (Lipinski definition) is 4. The van der Waals surface area contributed by atoms with Gasteiger partial charge in [-0.15, -0.1) is 11.3 Å². The van der Waals surface area contributed by atoms with Crippen LogP contribution in [0.15, 0.2) is 23.7 Å². The number of carbonyl (C=O) groups is 1. The first kappa shape index (κ1) is 11.7. The minimum Gasteiger partial charge on any atom is -0.346 e. The Balaban J connectivity index is 2.01. The number of aryl methyl sites for hydroxylation is 1. The summed E-state index contributed by atoms with van der Waals surface area (Å²) in [7, 11) is 0. The molecule has 0 spiro atoms. The second-order valence-electron chi connectivity index (χ2n) is 3.38. The molecule has 0 aliphatic rings. The van der Waals surface area contributed by atoms with E-state index in [0.29, 0.717) is 0 Å². The lowest BCUT2D eigenvalue weighted by atomic mass is 10.2. The molecule has 88 valence electrons. The number of amides is 1. The first-order valence-electron chi connectivity index (χ1n) is 4.96. The minimum absolute atomic E-state index is 0.0561. The van der Waals surface area contributed by atoms with Crippen LogP contribution in [0.4, 0.5) is 4.39 Å². The van der Waals surface area contributed by atoms with Gasteiger partial charge in [-0.3, -0.25) is 4.79 Å². The lowest BCUT2D eigenvalue weighted by molar-refractivity contribution is 0.0945. The van der Waals surface area contributed by atoms with Gasteiger partial charge >= 0.3 is 0 Å². The Kier molecular flexibility index (Phi) is 3.43. The van der Waals surface area contributed by atoms with Gasteiger partial charge in [-0.25, -0.2) is 9.97 Å². The molecule has 0 aliphatic heterocycles. The molecule has 0 radical (unpaired) electrons. The van der Waals surface area contributed by atoms with E-state index in [1.807, 2.05) is 12.3 Å². The smallest absolute Gasteiger partial charge is 0.256 e. The highest BCUT2D eigenvalue weighted by Gasteiger charge is 2.11. The van der Waals surface area contributed by atoms with Crippen molar-refractivity contribution in [1.29, 1.82) is 0 Å². The van der Waals surface area contributed by atoms with Crippen molar-refractivity contribution in [3.8, 4) is 0 Å². The number of nitrogens with zero attached hydrogens (tertiary/aromatic N) is 2. The van der Waals surface area contributed by atoms with E-state index in [1.165, 1.54) is 29.7 Å². The molecule has 17 heavy (non-hydrogen) atoms. The summed E-state index contributed by atoms with van der Waals surface area (Å²) >= 11 is 1.51. The topological polar surface area (TPSA) is 54.9 Å². The lowest BCUT2D eigenvalue weighted by Gasteiger charge is -2.03. The van der Waals surface area contributed by atoms with Crippen molar-refractivity contribution in [3.05, 3.63) is 45.9 Å². The Morgan fingerprint density at radius 1 is 1.59 bits per heavy atom. The van der Waals surface area contributed by atoms with Crippen LogP contribution in [0, 0.1) is 12.9 Å². The first-order valence-corrected chi connectivity index (χ1v) is 5.84. The molecule has 6 heteroatoms. The first-order chi connectivity index (χ1) is 8.16. The van der Waals surface area contributed by atoms with Crippen LogP contribution in [0.3, 0.4) is 0 Å². The summed E-state index contributed by atoms with van der Waals surface area (Å²) in [6, 6.07) is 2.91. The van der Waals surface area contributed by atoms with E-state index >= 15 is 0 Å². The SMILES string of the molecule is Cc1nc(CNC(=O)c2cccnc2F)cs1. The molecular weight excluding hydrogens is 241 g/mol. The number of hydrogen-bond donors (Lipinski definition) is 1. The van der Waals surface area contributed by atoms with Crippen molar-refractivity contribution in [2.45, 2.75) is 13.5 Å². The predicted molar refractivity (Wildman–Crippen MR) is 62.2 cm³/mol. The number of nitrogens with one attached hydrogen (secondary N) is 1. The van der Waals surface area contributed by atoms with Gasteiger partial charge in [-0.1, -0.05) is 0 Å². The van der Waals surface area contributed by atoms with Gasteiger partial charge in [0.2, 0.25) is 5.95 Å². The van der Waals surface area contributed by atoms with E-state index in [1.54, 1.807) is 0 Å². The maximum absolute atomic E-state index is 13.2. The van der Waals surface area contributed by atoms with Crippen LogP contribution in [0.5, 0.6) is 0 Å². The lowest BCUT2D eigenvalue weighted by Crippen LogP contribution is -2.24. The highest BCUT2D eigenvalue weighted by molar-refractivity contribution is 7.09. The molecule has 2 rings (SSSR count). The van der Waals surface area contributed by atoms with Crippen LogP contribution >= 0.6 is 11.3 Å². The van der Waals surface area contributed by atoms with Gasteiger partial charge in [0.1, 0.15) is 0 Å². The third kappa shape index (κ3) is 2.85. The minimum atomic E-state index is -0.764. The Morgan fingerprint density at radius 3 is 3.06 bits per heavy atom. The monoisotopic (exact) mass is 251 g/mol. The Morgan fingerprint density at radius 2 is 2.41 bits per heavy atom. The fraction of sp³-hybridized carbons (Fsp3) is 0.182. The van der Waals surface area contributed by atoms with Crippen LogP contribution < -0.4 is 5.32 Å². The maximum Gasteiger partial charge on any atom is 0.256 e. The fourth-order valence-corrected chi connectivity index (χ4v) is 1.92. The van der Waals surface area contributed by atoms with Crippen molar-refractivity contribution < 1.29 is 9.18 Å². The molecule has 0 bridgehead atoms. The normalized spacial score (nSPS) is 10.2. The molecule has 2 aromatic rings. The van der Waals surface area contributed by atoms with Gasteiger partial charge in [0, 0.05) is 11.6 Å². The van der Waals surface area contributed by atoms with E-state index in [2.05, 4.69) is 15.3 Å². The van der Waals surface area contributed by atoms with E-state index < -0.39 is 11.9 Å². The standard InChI is InChI=1S/C11H10FN3OS/c1-7-15-8(6-17-7)5-14-11(16)9-3-2-4-13-10(9)12/h2-4,6H,5H2,1H3,(H,14,16). The van der Waals surface area contributed by atoms with Gasteiger partial charge in [0.15, 0.2) is 0 Å². The van der Waals surface area contributed by atoms with E-state index in [-0.39, 0.29) is 12.1 Å². The zero-order valence-corrected chi connectivity index (χ0v) is 9.92.